The zero-order chi connectivity index (χ0) is 19.0. The number of esters is 1. The number of nitrogens with one attached hydrogen (secondary N) is 1. The Morgan fingerprint density at radius 3 is 2.74 bits per heavy atom. The van der Waals surface area contributed by atoms with Gasteiger partial charge in [0, 0.05) is 18.5 Å². The molecule has 1 unspecified atom stereocenters. The van der Waals surface area contributed by atoms with Crippen LogP contribution in [-0.4, -0.2) is 25.8 Å². The molecule has 1 saturated heterocycles. The predicted octanol–water partition coefficient (Wildman–Crippen LogP) is 3.40. The molecule has 0 aromatic heterocycles. The van der Waals surface area contributed by atoms with Crippen LogP contribution in [0.25, 0.3) is 5.57 Å². The molecule has 1 spiro atoms. The van der Waals surface area contributed by atoms with Gasteiger partial charge >= 0.3 is 5.97 Å². The molecule has 0 radical (unpaired) electrons. The second-order valence-electron chi connectivity index (χ2n) is 6.81. The van der Waals surface area contributed by atoms with Gasteiger partial charge in [0.2, 0.25) is 0 Å². The van der Waals surface area contributed by atoms with Gasteiger partial charge in [-0.2, -0.15) is 5.26 Å². The topological polar surface area (TPSA) is 74.5 Å². The first kappa shape index (κ1) is 17.0. The Morgan fingerprint density at radius 1 is 1.26 bits per heavy atom. The van der Waals surface area contributed by atoms with E-state index in [1.165, 1.54) is 7.11 Å². The van der Waals surface area contributed by atoms with E-state index >= 15 is 0 Å². The van der Waals surface area contributed by atoms with Crippen LogP contribution in [0.5, 0.6) is 0 Å². The van der Waals surface area contributed by atoms with E-state index in [0.717, 1.165) is 41.0 Å². The summed E-state index contributed by atoms with van der Waals surface area (Å²) in [7, 11) is 1.38. The number of benzene rings is 2. The number of para-hydroxylation sites is 1. The third-order valence-corrected chi connectivity index (χ3v) is 5.34. The molecule has 0 bridgehead atoms. The van der Waals surface area contributed by atoms with Crippen molar-refractivity contribution in [2.75, 3.05) is 13.7 Å². The largest absolute Gasteiger partial charge is 0.465 e. The Balaban J connectivity index is 1.95. The zero-order valence-electron chi connectivity index (χ0n) is 15.2. The fourth-order valence-electron chi connectivity index (χ4n) is 3.99. The Labute approximate surface area is 158 Å². The summed E-state index contributed by atoms with van der Waals surface area (Å²) < 4.78 is 5.10. The van der Waals surface area contributed by atoms with E-state index in [0.29, 0.717) is 11.1 Å². The van der Waals surface area contributed by atoms with E-state index in [9.17, 15) is 4.79 Å². The lowest BCUT2D eigenvalue weighted by molar-refractivity contribution is -0.133. The Morgan fingerprint density at radius 2 is 2.04 bits per heavy atom. The van der Waals surface area contributed by atoms with Crippen molar-refractivity contribution in [3.63, 3.8) is 0 Å². The number of aliphatic imine (C=N–C) groups is 1. The molecule has 2 aromatic carbocycles. The molecule has 4 rings (SSSR count). The van der Waals surface area contributed by atoms with Crippen molar-refractivity contribution in [2.24, 2.45) is 4.99 Å². The van der Waals surface area contributed by atoms with Crippen molar-refractivity contribution in [3.05, 3.63) is 70.4 Å². The van der Waals surface area contributed by atoms with Gasteiger partial charge in [0.15, 0.2) is 0 Å². The molecule has 1 N–H and O–H groups in total. The number of aryl methyl sites for hydroxylation is 1. The van der Waals surface area contributed by atoms with Crippen LogP contribution in [0, 0.1) is 18.3 Å². The molecule has 2 heterocycles. The lowest BCUT2D eigenvalue weighted by atomic mass is 9.76. The number of hydrogen-bond acceptors (Lipinski definition) is 5. The van der Waals surface area contributed by atoms with E-state index in [2.05, 4.69) is 22.4 Å². The second kappa shape index (κ2) is 6.40. The number of rotatable bonds is 2. The normalized spacial score (nSPS) is 21.5. The molecular formula is C22H19N3O2. The van der Waals surface area contributed by atoms with Crippen LogP contribution in [0.1, 0.15) is 28.7 Å². The molecule has 2 aliphatic rings. The van der Waals surface area contributed by atoms with Gasteiger partial charge in [-0.25, -0.2) is 4.79 Å². The quantitative estimate of drug-likeness (QED) is 0.660. The van der Waals surface area contributed by atoms with Gasteiger partial charge in [0.05, 0.1) is 35.4 Å². The number of nitrogens with zero attached hydrogens (tertiary/aromatic N) is 2. The van der Waals surface area contributed by atoms with Crippen molar-refractivity contribution in [2.45, 2.75) is 18.8 Å². The molecule has 1 fully saturated rings. The summed E-state index contributed by atoms with van der Waals surface area (Å²) in [6, 6.07) is 15.2. The third-order valence-electron chi connectivity index (χ3n) is 5.34. The highest BCUT2D eigenvalue weighted by molar-refractivity contribution is 6.19. The Kier molecular flexibility index (Phi) is 4.04. The first-order valence-electron chi connectivity index (χ1n) is 8.83. The first-order valence-corrected chi connectivity index (χ1v) is 8.83. The molecule has 0 saturated carbocycles. The summed E-state index contributed by atoms with van der Waals surface area (Å²) in [5.41, 5.74) is 5.31. The number of hydrogen-bond donors (Lipinski definition) is 1. The van der Waals surface area contributed by atoms with Gasteiger partial charge in [0.25, 0.3) is 0 Å². The number of nitriles is 1. The maximum absolute atomic E-state index is 12.7. The third kappa shape index (κ3) is 2.53. The number of allylic oxidation sites excluding steroid dienone is 1. The van der Waals surface area contributed by atoms with Crippen LogP contribution >= 0.6 is 0 Å². The summed E-state index contributed by atoms with van der Waals surface area (Å²) in [6.07, 6.45) is 2.77. The number of ether oxygens (including phenoxy) is 1. The van der Waals surface area contributed by atoms with Gasteiger partial charge in [-0.05, 0) is 42.2 Å². The Hall–Kier alpha value is -3.39. The number of carbonyl (C=O) groups excluding carboxylic acids is 1. The summed E-state index contributed by atoms with van der Waals surface area (Å²) in [4.78, 5) is 17.4. The monoisotopic (exact) mass is 357 g/mol. The van der Waals surface area contributed by atoms with Gasteiger partial charge in [-0.15, -0.1) is 0 Å². The van der Waals surface area contributed by atoms with Gasteiger partial charge < -0.3 is 10.1 Å². The fourth-order valence-corrected chi connectivity index (χ4v) is 3.99. The molecule has 5 heteroatoms. The number of fused-ring (bicyclic) bond motifs is 2. The maximum atomic E-state index is 12.7. The van der Waals surface area contributed by atoms with E-state index < -0.39 is 11.4 Å². The van der Waals surface area contributed by atoms with E-state index in [1.807, 2.05) is 25.3 Å². The molecule has 2 aromatic rings. The number of carbonyl (C=O) groups is 1. The smallest absolute Gasteiger partial charge is 0.340 e. The van der Waals surface area contributed by atoms with Gasteiger partial charge in [-0.1, -0.05) is 30.3 Å². The van der Waals surface area contributed by atoms with Gasteiger partial charge in [0.1, 0.15) is 0 Å². The lowest BCUT2D eigenvalue weighted by Gasteiger charge is -2.25. The highest BCUT2D eigenvalue weighted by atomic mass is 16.5. The van der Waals surface area contributed by atoms with E-state index in [4.69, 9.17) is 10.00 Å². The van der Waals surface area contributed by atoms with Crippen molar-refractivity contribution < 1.29 is 9.53 Å². The molecule has 134 valence electrons. The first-order chi connectivity index (χ1) is 13.1. The van der Waals surface area contributed by atoms with E-state index in [-0.39, 0.29) is 0 Å². The molecule has 1 atom stereocenters. The van der Waals surface area contributed by atoms with Crippen molar-refractivity contribution in [1.82, 2.24) is 5.32 Å². The lowest BCUT2D eigenvalue weighted by Crippen LogP contribution is -2.29. The molecular weight excluding hydrogens is 338 g/mol. The average molecular weight is 357 g/mol. The molecule has 5 nitrogen and oxygen atoms in total. The van der Waals surface area contributed by atoms with E-state index in [1.54, 1.807) is 24.3 Å². The summed E-state index contributed by atoms with van der Waals surface area (Å²) in [5.74, 6) is -0.405. The van der Waals surface area contributed by atoms with Crippen molar-refractivity contribution in [3.8, 4) is 6.07 Å². The fraction of sp³-hybridized carbons (Fsp3) is 0.227. The Bertz CT molecular complexity index is 1030. The van der Waals surface area contributed by atoms with Crippen LogP contribution in [0.15, 0.2) is 53.2 Å². The molecule has 2 aliphatic heterocycles. The van der Waals surface area contributed by atoms with Crippen LogP contribution in [0.4, 0.5) is 5.69 Å². The van der Waals surface area contributed by atoms with Crippen LogP contribution in [0.2, 0.25) is 0 Å². The van der Waals surface area contributed by atoms with Crippen LogP contribution in [0.3, 0.4) is 0 Å². The minimum absolute atomic E-state index is 0.405. The highest BCUT2D eigenvalue weighted by Crippen LogP contribution is 2.48. The van der Waals surface area contributed by atoms with Crippen molar-refractivity contribution >= 4 is 23.4 Å². The predicted molar refractivity (Wildman–Crippen MR) is 104 cm³/mol. The van der Waals surface area contributed by atoms with Gasteiger partial charge in [-0.3, -0.25) is 4.99 Å². The molecule has 0 aliphatic carbocycles. The van der Waals surface area contributed by atoms with Crippen molar-refractivity contribution in [1.29, 1.82) is 5.26 Å². The summed E-state index contributed by atoms with van der Waals surface area (Å²) >= 11 is 0. The highest BCUT2D eigenvalue weighted by Gasteiger charge is 2.46. The average Bonchev–Trinajstić information content (AvgIpc) is 3.29. The summed E-state index contributed by atoms with van der Waals surface area (Å²) in [5, 5.41) is 12.5. The number of methoxy groups -OCH3 is 1. The van der Waals surface area contributed by atoms with Crippen LogP contribution in [-0.2, 0) is 14.9 Å². The second-order valence-corrected chi connectivity index (χ2v) is 6.81. The van der Waals surface area contributed by atoms with Crippen LogP contribution < -0.4 is 5.32 Å². The SMILES string of the molecule is COC(=O)/C(=C1\NCCC12C=Nc1c(C)cccc12)c1ccc(C#N)cc1. The minimum Gasteiger partial charge on any atom is -0.465 e. The summed E-state index contributed by atoms with van der Waals surface area (Å²) in [6.45, 7) is 2.79. The molecule has 27 heavy (non-hydrogen) atoms. The standard InChI is InChI=1S/C22H19N3O2/c1-14-4-3-5-17-19(14)25-13-22(17)10-11-24-20(22)18(21(26)27-2)16-8-6-15(12-23)7-9-16/h3-9,13,24H,10-11H2,1-2H3/b20-18-. The maximum Gasteiger partial charge on any atom is 0.340 e. The molecule has 0 amide bonds. The minimum atomic E-state index is -0.460. The zero-order valence-corrected chi connectivity index (χ0v) is 15.2.